The fourth-order valence-electron chi connectivity index (χ4n) is 1.90. The average Bonchev–Trinajstić information content (AvgIpc) is 2.92. The summed E-state index contributed by atoms with van der Waals surface area (Å²) in [6, 6.07) is 9.95. The second kappa shape index (κ2) is 7.63. The van der Waals surface area contributed by atoms with Gasteiger partial charge in [0.1, 0.15) is 0 Å². The Morgan fingerprint density at radius 2 is 1.95 bits per heavy atom. The van der Waals surface area contributed by atoms with Gasteiger partial charge in [0.25, 0.3) is 0 Å². The number of nitrogens with one attached hydrogen (secondary N) is 1. The van der Waals surface area contributed by atoms with E-state index in [2.05, 4.69) is 27.7 Å². The maximum absolute atomic E-state index is 4.39. The van der Waals surface area contributed by atoms with Gasteiger partial charge in [0.05, 0.1) is 6.54 Å². The van der Waals surface area contributed by atoms with Crippen molar-refractivity contribution in [2.45, 2.75) is 32.7 Å². The SMILES string of the molecule is CCNCCCCCn1nnc(-c2ccccc2)n1. The van der Waals surface area contributed by atoms with Crippen LogP contribution < -0.4 is 5.32 Å². The van der Waals surface area contributed by atoms with Crippen molar-refractivity contribution in [1.82, 2.24) is 25.5 Å². The molecule has 0 unspecified atom stereocenters. The summed E-state index contributed by atoms with van der Waals surface area (Å²) < 4.78 is 0. The fraction of sp³-hybridized carbons (Fsp3) is 0.500. The Morgan fingerprint density at radius 1 is 1.11 bits per heavy atom. The molecule has 19 heavy (non-hydrogen) atoms. The molecule has 0 spiro atoms. The summed E-state index contributed by atoms with van der Waals surface area (Å²) in [5, 5.41) is 15.9. The Hall–Kier alpha value is -1.75. The number of tetrazole rings is 1. The van der Waals surface area contributed by atoms with E-state index in [1.807, 2.05) is 30.3 Å². The number of benzene rings is 1. The lowest BCUT2D eigenvalue weighted by Crippen LogP contribution is -2.14. The Balaban J connectivity index is 1.75. The molecule has 0 radical (unpaired) electrons. The van der Waals surface area contributed by atoms with E-state index in [0.717, 1.165) is 31.6 Å². The summed E-state index contributed by atoms with van der Waals surface area (Å²) in [6.07, 6.45) is 3.49. The van der Waals surface area contributed by atoms with E-state index in [1.165, 1.54) is 12.8 Å². The van der Waals surface area contributed by atoms with Crippen LogP contribution in [0.4, 0.5) is 0 Å². The van der Waals surface area contributed by atoms with Crippen molar-refractivity contribution in [3.05, 3.63) is 30.3 Å². The average molecular weight is 259 g/mol. The van der Waals surface area contributed by atoms with Crippen LogP contribution in [0, 0.1) is 0 Å². The smallest absolute Gasteiger partial charge is 0.204 e. The van der Waals surface area contributed by atoms with E-state index in [4.69, 9.17) is 0 Å². The highest BCUT2D eigenvalue weighted by Gasteiger charge is 2.04. The first-order valence-corrected chi connectivity index (χ1v) is 6.94. The highest BCUT2D eigenvalue weighted by molar-refractivity contribution is 5.52. The summed E-state index contributed by atoms with van der Waals surface area (Å²) >= 11 is 0. The molecule has 0 bridgehead atoms. The molecule has 0 amide bonds. The Labute approximate surface area is 114 Å². The minimum atomic E-state index is 0.702. The van der Waals surface area contributed by atoms with E-state index < -0.39 is 0 Å². The molecule has 102 valence electrons. The Morgan fingerprint density at radius 3 is 2.74 bits per heavy atom. The van der Waals surface area contributed by atoms with Crippen LogP contribution in [0.15, 0.2) is 30.3 Å². The van der Waals surface area contributed by atoms with Gasteiger partial charge < -0.3 is 5.32 Å². The number of nitrogens with zero attached hydrogens (tertiary/aromatic N) is 4. The van der Waals surface area contributed by atoms with Crippen molar-refractivity contribution < 1.29 is 0 Å². The Bertz CT molecular complexity index is 466. The predicted octanol–water partition coefficient (Wildman–Crippen LogP) is 2.12. The summed E-state index contributed by atoms with van der Waals surface area (Å²) in [5.41, 5.74) is 1.01. The standard InChI is InChI=1S/C14H21N5/c1-2-15-11-7-4-8-12-19-17-14(16-18-19)13-9-5-3-6-10-13/h3,5-6,9-10,15H,2,4,7-8,11-12H2,1H3. The highest BCUT2D eigenvalue weighted by Crippen LogP contribution is 2.11. The maximum atomic E-state index is 4.39. The van der Waals surface area contributed by atoms with Gasteiger partial charge in [-0.3, -0.25) is 0 Å². The van der Waals surface area contributed by atoms with Crippen molar-refractivity contribution in [1.29, 1.82) is 0 Å². The molecule has 2 aromatic rings. The minimum absolute atomic E-state index is 0.702. The van der Waals surface area contributed by atoms with Gasteiger partial charge in [0.2, 0.25) is 5.82 Å². The molecule has 0 aliphatic carbocycles. The molecular formula is C14H21N5. The molecule has 0 aliphatic heterocycles. The van der Waals surface area contributed by atoms with Crippen LogP contribution in [-0.2, 0) is 6.54 Å². The second-order valence-corrected chi connectivity index (χ2v) is 4.49. The zero-order chi connectivity index (χ0) is 13.3. The van der Waals surface area contributed by atoms with E-state index in [-0.39, 0.29) is 0 Å². The lowest BCUT2D eigenvalue weighted by atomic mass is 10.2. The summed E-state index contributed by atoms with van der Waals surface area (Å²) in [7, 11) is 0. The first kappa shape index (κ1) is 13.7. The molecule has 0 fully saturated rings. The van der Waals surface area contributed by atoms with E-state index in [9.17, 15) is 0 Å². The first-order valence-electron chi connectivity index (χ1n) is 6.94. The van der Waals surface area contributed by atoms with Gasteiger partial charge in [0.15, 0.2) is 0 Å². The van der Waals surface area contributed by atoms with Crippen LogP contribution in [0.5, 0.6) is 0 Å². The lowest BCUT2D eigenvalue weighted by molar-refractivity contribution is 0.477. The van der Waals surface area contributed by atoms with Crippen molar-refractivity contribution in [3.8, 4) is 11.4 Å². The van der Waals surface area contributed by atoms with Gasteiger partial charge in [0, 0.05) is 5.56 Å². The molecule has 2 rings (SSSR count). The van der Waals surface area contributed by atoms with Crippen LogP contribution in [0.25, 0.3) is 11.4 Å². The Kier molecular flexibility index (Phi) is 5.49. The molecule has 1 aromatic heterocycles. The molecular weight excluding hydrogens is 238 g/mol. The maximum Gasteiger partial charge on any atom is 0.204 e. The number of hydrogen-bond acceptors (Lipinski definition) is 4. The van der Waals surface area contributed by atoms with Gasteiger partial charge in [-0.05, 0) is 31.1 Å². The molecule has 5 nitrogen and oxygen atoms in total. The van der Waals surface area contributed by atoms with Crippen molar-refractivity contribution in [3.63, 3.8) is 0 Å². The minimum Gasteiger partial charge on any atom is -0.317 e. The van der Waals surface area contributed by atoms with E-state index in [1.54, 1.807) is 4.80 Å². The molecule has 0 aliphatic rings. The van der Waals surface area contributed by atoms with Crippen LogP contribution in [0.1, 0.15) is 26.2 Å². The third kappa shape index (κ3) is 4.44. The zero-order valence-corrected chi connectivity index (χ0v) is 11.4. The summed E-state index contributed by atoms with van der Waals surface area (Å²) in [6.45, 7) is 5.11. The van der Waals surface area contributed by atoms with Crippen molar-refractivity contribution in [2.24, 2.45) is 0 Å². The third-order valence-electron chi connectivity index (χ3n) is 2.95. The van der Waals surface area contributed by atoms with Crippen LogP contribution in [0.3, 0.4) is 0 Å². The quantitative estimate of drug-likeness (QED) is 0.738. The molecule has 1 heterocycles. The largest absolute Gasteiger partial charge is 0.317 e. The number of aromatic nitrogens is 4. The second-order valence-electron chi connectivity index (χ2n) is 4.49. The monoisotopic (exact) mass is 259 g/mol. The number of hydrogen-bond donors (Lipinski definition) is 1. The van der Waals surface area contributed by atoms with Crippen LogP contribution in [0.2, 0.25) is 0 Å². The molecule has 1 aromatic carbocycles. The van der Waals surface area contributed by atoms with Crippen molar-refractivity contribution in [2.75, 3.05) is 13.1 Å². The van der Waals surface area contributed by atoms with Crippen LogP contribution >= 0.6 is 0 Å². The van der Waals surface area contributed by atoms with Gasteiger partial charge in [-0.15, -0.1) is 10.2 Å². The molecule has 1 N–H and O–H groups in total. The molecule has 0 atom stereocenters. The van der Waals surface area contributed by atoms with Crippen molar-refractivity contribution >= 4 is 0 Å². The predicted molar refractivity (Wildman–Crippen MR) is 75.6 cm³/mol. The van der Waals surface area contributed by atoms with Crippen LogP contribution in [-0.4, -0.2) is 33.3 Å². The molecule has 0 saturated heterocycles. The third-order valence-corrected chi connectivity index (χ3v) is 2.95. The zero-order valence-electron chi connectivity index (χ0n) is 11.4. The van der Waals surface area contributed by atoms with Gasteiger partial charge in [-0.1, -0.05) is 43.7 Å². The van der Waals surface area contributed by atoms with Gasteiger partial charge >= 0.3 is 0 Å². The topological polar surface area (TPSA) is 55.6 Å². The lowest BCUT2D eigenvalue weighted by Gasteiger charge is -2.01. The van der Waals surface area contributed by atoms with E-state index >= 15 is 0 Å². The van der Waals surface area contributed by atoms with Gasteiger partial charge in [-0.25, -0.2) is 0 Å². The first-order chi connectivity index (χ1) is 9.40. The number of rotatable bonds is 8. The molecule has 0 saturated carbocycles. The van der Waals surface area contributed by atoms with E-state index in [0.29, 0.717) is 5.82 Å². The molecule has 5 heteroatoms. The fourth-order valence-corrected chi connectivity index (χ4v) is 1.90. The van der Waals surface area contributed by atoms with Gasteiger partial charge in [-0.2, -0.15) is 4.80 Å². The summed E-state index contributed by atoms with van der Waals surface area (Å²) in [5.74, 6) is 0.702. The normalized spacial score (nSPS) is 10.8. The summed E-state index contributed by atoms with van der Waals surface area (Å²) in [4.78, 5) is 1.69. The number of aryl methyl sites for hydroxylation is 1. The highest BCUT2D eigenvalue weighted by atomic mass is 15.6. The number of unbranched alkanes of at least 4 members (excludes halogenated alkanes) is 2.